The van der Waals surface area contributed by atoms with Crippen molar-refractivity contribution in [2.75, 3.05) is 13.2 Å². The van der Waals surface area contributed by atoms with Crippen molar-refractivity contribution >= 4 is 5.91 Å². The van der Waals surface area contributed by atoms with E-state index in [1.54, 1.807) is 0 Å². The molecular weight excluding hydrogens is 262 g/mol. The summed E-state index contributed by atoms with van der Waals surface area (Å²) in [5.74, 6) is 1.42. The van der Waals surface area contributed by atoms with Gasteiger partial charge in [-0.25, -0.2) is 0 Å². The van der Waals surface area contributed by atoms with Gasteiger partial charge in [0, 0.05) is 13.2 Å². The maximum atomic E-state index is 12.9. The average molecular weight is 293 g/mol. The van der Waals surface area contributed by atoms with E-state index in [0.29, 0.717) is 29.2 Å². The van der Waals surface area contributed by atoms with Crippen LogP contribution in [0.5, 0.6) is 0 Å². The van der Waals surface area contributed by atoms with Crippen molar-refractivity contribution in [3.8, 4) is 0 Å². The van der Waals surface area contributed by atoms with Crippen molar-refractivity contribution in [1.82, 2.24) is 5.32 Å². The van der Waals surface area contributed by atoms with Gasteiger partial charge < -0.3 is 10.4 Å². The van der Waals surface area contributed by atoms with Gasteiger partial charge in [0.1, 0.15) is 0 Å². The van der Waals surface area contributed by atoms with Crippen LogP contribution in [0.15, 0.2) is 0 Å². The first-order valence-corrected chi connectivity index (χ1v) is 8.67. The molecule has 0 radical (unpaired) electrons. The Balaban J connectivity index is 1.71. The fourth-order valence-electron chi connectivity index (χ4n) is 6.48. The third kappa shape index (κ3) is 2.74. The highest BCUT2D eigenvalue weighted by molar-refractivity contribution is 5.83. The molecule has 120 valence electrons. The van der Waals surface area contributed by atoms with Gasteiger partial charge in [0.05, 0.1) is 5.41 Å². The number of hydrogen-bond donors (Lipinski definition) is 2. The number of aliphatic hydroxyl groups excluding tert-OH is 1. The van der Waals surface area contributed by atoms with E-state index >= 15 is 0 Å². The summed E-state index contributed by atoms with van der Waals surface area (Å²) in [5.41, 5.74) is 0.687. The van der Waals surface area contributed by atoms with Crippen LogP contribution in [0.2, 0.25) is 0 Å². The highest BCUT2D eigenvalue weighted by atomic mass is 16.3. The molecule has 4 aliphatic carbocycles. The van der Waals surface area contributed by atoms with E-state index < -0.39 is 0 Å². The van der Waals surface area contributed by atoms with Gasteiger partial charge >= 0.3 is 0 Å². The van der Waals surface area contributed by atoms with Gasteiger partial charge in [0.15, 0.2) is 0 Å². The second kappa shape index (κ2) is 4.97. The maximum absolute atomic E-state index is 12.9. The van der Waals surface area contributed by atoms with Gasteiger partial charge in [-0.05, 0) is 67.6 Å². The largest absolute Gasteiger partial charge is 0.396 e. The summed E-state index contributed by atoms with van der Waals surface area (Å²) in [7, 11) is 0. The number of carbonyl (C=O) groups is 1. The molecule has 0 aromatic rings. The smallest absolute Gasteiger partial charge is 0.226 e. The van der Waals surface area contributed by atoms with Crippen LogP contribution >= 0.6 is 0 Å². The van der Waals surface area contributed by atoms with E-state index in [1.165, 1.54) is 19.3 Å². The first kappa shape index (κ1) is 15.3. The van der Waals surface area contributed by atoms with E-state index in [4.69, 9.17) is 5.11 Å². The molecule has 4 saturated carbocycles. The zero-order valence-electron chi connectivity index (χ0n) is 13.9. The van der Waals surface area contributed by atoms with Crippen LogP contribution < -0.4 is 5.32 Å². The Morgan fingerprint density at radius 3 is 2.33 bits per heavy atom. The molecule has 4 fully saturated rings. The van der Waals surface area contributed by atoms with Crippen molar-refractivity contribution in [2.24, 2.45) is 28.1 Å². The quantitative estimate of drug-likeness (QED) is 0.818. The Kier molecular flexibility index (Phi) is 3.63. The fraction of sp³-hybridized carbons (Fsp3) is 0.944. The van der Waals surface area contributed by atoms with Gasteiger partial charge in [-0.2, -0.15) is 0 Å². The fourth-order valence-corrected chi connectivity index (χ4v) is 6.48. The average Bonchev–Trinajstić information content (AvgIpc) is 2.31. The number of amides is 1. The standard InChI is InChI=1S/C18H31NO2/c1-13(4-5-20)9-19-15(21)18-8-14-6-16(2,11-18)10-17(3,7-14)12-18/h13-14,20H,4-12H2,1-3H3,(H,19,21). The SMILES string of the molecule is CC(CCO)CNC(=O)C12CC3CC(C)(CC(C)(C3)C1)C2. The predicted molar refractivity (Wildman–Crippen MR) is 83.7 cm³/mol. The van der Waals surface area contributed by atoms with E-state index in [0.717, 1.165) is 31.6 Å². The molecular formula is C18H31NO2. The third-order valence-corrected chi connectivity index (χ3v) is 6.34. The van der Waals surface area contributed by atoms with Crippen LogP contribution in [-0.2, 0) is 4.79 Å². The molecule has 0 aliphatic heterocycles. The van der Waals surface area contributed by atoms with Crippen molar-refractivity contribution in [3.63, 3.8) is 0 Å². The monoisotopic (exact) mass is 293 g/mol. The molecule has 21 heavy (non-hydrogen) atoms. The van der Waals surface area contributed by atoms with E-state index in [-0.39, 0.29) is 12.0 Å². The molecule has 3 unspecified atom stereocenters. The van der Waals surface area contributed by atoms with Crippen molar-refractivity contribution in [2.45, 2.75) is 65.7 Å². The number of carbonyl (C=O) groups excluding carboxylic acids is 1. The van der Waals surface area contributed by atoms with Gasteiger partial charge in [-0.15, -0.1) is 0 Å². The van der Waals surface area contributed by atoms with Crippen LogP contribution in [0.4, 0.5) is 0 Å². The molecule has 0 saturated heterocycles. The van der Waals surface area contributed by atoms with Crippen LogP contribution in [0.25, 0.3) is 0 Å². The van der Waals surface area contributed by atoms with Crippen LogP contribution in [0.3, 0.4) is 0 Å². The second-order valence-corrected chi connectivity index (χ2v) is 9.24. The summed E-state index contributed by atoms with van der Waals surface area (Å²) in [6, 6.07) is 0. The topological polar surface area (TPSA) is 49.3 Å². The lowest BCUT2D eigenvalue weighted by Crippen LogP contribution is -2.60. The molecule has 3 heteroatoms. The molecule has 4 aliphatic rings. The lowest BCUT2D eigenvalue weighted by atomic mass is 9.40. The number of rotatable bonds is 5. The Morgan fingerprint density at radius 1 is 1.19 bits per heavy atom. The Morgan fingerprint density at radius 2 is 1.81 bits per heavy atom. The molecule has 3 atom stereocenters. The molecule has 0 heterocycles. The van der Waals surface area contributed by atoms with E-state index in [9.17, 15) is 4.79 Å². The van der Waals surface area contributed by atoms with Gasteiger partial charge in [-0.1, -0.05) is 20.8 Å². The molecule has 1 amide bonds. The normalized spacial score (nSPS) is 45.6. The van der Waals surface area contributed by atoms with Crippen LogP contribution in [0.1, 0.15) is 65.7 Å². The zero-order valence-corrected chi connectivity index (χ0v) is 13.9. The maximum Gasteiger partial charge on any atom is 0.226 e. The molecule has 0 aromatic carbocycles. The predicted octanol–water partition coefficient (Wildman–Crippen LogP) is 3.12. The highest BCUT2D eigenvalue weighted by Gasteiger charge is 2.62. The summed E-state index contributed by atoms with van der Waals surface area (Å²) in [4.78, 5) is 12.9. The van der Waals surface area contributed by atoms with Crippen molar-refractivity contribution in [3.05, 3.63) is 0 Å². The third-order valence-electron chi connectivity index (χ3n) is 6.34. The Hall–Kier alpha value is -0.570. The summed E-state index contributed by atoms with van der Waals surface area (Å²) < 4.78 is 0. The summed E-state index contributed by atoms with van der Waals surface area (Å²) >= 11 is 0. The van der Waals surface area contributed by atoms with Crippen molar-refractivity contribution < 1.29 is 9.90 Å². The molecule has 2 N–H and O–H groups in total. The second-order valence-electron chi connectivity index (χ2n) is 9.24. The minimum absolute atomic E-state index is 0.0954. The Labute approximate surface area is 128 Å². The molecule has 4 bridgehead atoms. The Bertz CT molecular complexity index is 415. The lowest BCUT2D eigenvalue weighted by molar-refractivity contribution is -0.170. The van der Waals surface area contributed by atoms with Crippen molar-refractivity contribution in [1.29, 1.82) is 0 Å². The lowest BCUT2D eigenvalue weighted by Gasteiger charge is -2.64. The first-order valence-electron chi connectivity index (χ1n) is 8.67. The molecule has 4 rings (SSSR count). The zero-order chi connectivity index (χ0) is 15.3. The number of nitrogens with one attached hydrogen (secondary N) is 1. The van der Waals surface area contributed by atoms with E-state index in [1.807, 2.05) is 0 Å². The molecule has 0 aromatic heterocycles. The number of hydrogen-bond acceptors (Lipinski definition) is 2. The van der Waals surface area contributed by atoms with Crippen LogP contribution in [-0.4, -0.2) is 24.2 Å². The van der Waals surface area contributed by atoms with E-state index in [2.05, 4.69) is 26.1 Å². The highest BCUT2D eigenvalue weighted by Crippen LogP contribution is 2.69. The summed E-state index contributed by atoms with van der Waals surface area (Å²) in [6.45, 7) is 7.83. The van der Waals surface area contributed by atoms with Gasteiger partial charge in [0.25, 0.3) is 0 Å². The van der Waals surface area contributed by atoms with Gasteiger partial charge in [-0.3, -0.25) is 4.79 Å². The van der Waals surface area contributed by atoms with Crippen LogP contribution in [0, 0.1) is 28.1 Å². The first-order chi connectivity index (χ1) is 9.78. The minimum Gasteiger partial charge on any atom is -0.396 e. The summed E-state index contributed by atoms with van der Waals surface area (Å²) in [5, 5.41) is 12.2. The molecule has 0 spiro atoms. The summed E-state index contributed by atoms with van der Waals surface area (Å²) in [6.07, 6.45) is 8.03. The number of aliphatic hydroxyl groups is 1. The minimum atomic E-state index is -0.0954. The van der Waals surface area contributed by atoms with Gasteiger partial charge in [0.2, 0.25) is 5.91 Å². The molecule has 3 nitrogen and oxygen atoms in total.